The Morgan fingerprint density at radius 3 is 3.00 bits per heavy atom. The van der Waals surface area contributed by atoms with Gasteiger partial charge in [0.1, 0.15) is 21.9 Å². The van der Waals surface area contributed by atoms with Gasteiger partial charge in [-0.15, -0.1) is 23.7 Å². The number of carboxylic acid groups (broad SMARTS) is 1. The number of hydrogen-bond donors (Lipinski definition) is 2. The summed E-state index contributed by atoms with van der Waals surface area (Å²) in [6, 6.07) is 0. The van der Waals surface area contributed by atoms with Crippen molar-refractivity contribution in [3.8, 4) is 12.3 Å². The Balaban J connectivity index is 2.21. The molecule has 5 nitrogen and oxygen atoms in total. The van der Waals surface area contributed by atoms with Crippen LogP contribution in [0, 0.1) is 19.3 Å². The average molecular weight is 289 g/mol. The molecule has 104 valence electrons. The van der Waals surface area contributed by atoms with Gasteiger partial charge < -0.3 is 10.4 Å². The second kappa shape index (κ2) is 6.35. The van der Waals surface area contributed by atoms with Gasteiger partial charge in [0.2, 0.25) is 0 Å². The fourth-order valence-electron chi connectivity index (χ4n) is 1.97. The molecule has 2 aromatic rings. The second-order valence-corrected chi connectivity index (χ2v) is 5.35. The van der Waals surface area contributed by atoms with Gasteiger partial charge in [0.25, 0.3) is 0 Å². The standard InChI is InChI=1S/C14H15N3O2S/c1-3-4-5-6-7-15-12-10-9(2)11(14(18)19)20-13(10)17-8-16-12/h1,8H,4-7H2,2H3,(H,18,19)(H,15,16,17). The normalized spacial score (nSPS) is 10.4. The SMILES string of the molecule is C#CCCCCNc1ncnc2sc(C(=O)O)c(C)c12. The lowest BCUT2D eigenvalue weighted by atomic mass is 10.2. The van der Waals surface area contributed by atoms with Gasteiger partial charge in [-0.05, 0) is 25.3 Å². The van der Waals surface area contributed by atoms with E-state index in [0.717, 1.165) is 31.2 Å². The number of hydrogen-bond acceptors (Lipinski definition) is 5. The summed E-state index contributed by atoms with van der Waals surface area (Å²) in [5, 5.41) is 13.2. The van der Waals surface area contributed by atoms with Crippen molar-refractivity contribution < 1.29 is 9.90 Å². The summed E-state index contributed by atoms with van der Waals surface area (Å²) in [5.74, 6) is 2.37. The van der Waals surface area contributed by atoms with Gasteiger partial charge in [-0.25, -0.2) is 14.8 Å². The minimum Gasteiger partial charge on any atom is -0.477 e. The largest absolute Gasteiger partial charge is 0.477 e. The summed E-state index contributed by atoms with van der Waals surface area (Å²) in [4.78, 5) is 20.5. The van der Waals surface area contributed by atoms with E-state index in [1.165, 1.54) is 17.7 Å². The van der Waals surface area contributed by atoms with Crippen LogP contribution in [0.1, 0.15) is 34.5 Å². The van der Waals surface area contributed by atoms with E-state index in [0.29, 0.717) is 21.1 Å². The quantitative estimate of drug-likeness (QED) is 0.631. The third-order valence-corrected chi connectivity index (χ3v) is 4.15. The molecular weight excluding hydrogens is 274 g/mol. The minimum atomic E-state index is -0.925. The van der Waals surface area contributed by atoms with E-state index in [1.54, 1.807) is 6.92 Å². The lowest BCUT2D eigenvalue weighted by molar-refractivity contribution is 0.0701. The van der Waals surface area contributed by atoms with E-state index in [-0.39, 0.29) is 0 Å². The van der Waals surface area contributed by atoms with Crippen LogP contribution in [0.5, 0.6) is 0 Å². The van der Waals surface area contributed by atoms with Crippen molar-refractivity contribution in [1.82, 2.24) is 9.97 Å². The van der Waals surface area contributed by atoms with Crippen molar-refractivity contribution in [3.05, 3.63) is 16.8 Å². The molecule has 0 saturated carbocycles. The highest BCUT2D eigenvalue weighted by molar-refractivity contribution is 7.20. The Labute approximate surface area is 121 Å². The summed E-state index contributed by atoms with van der Waals surface area (Å²) >= 11 is 1.18. The molecule has 20 heavy (non-hydrogen) atoms. The highest BCUT2D eigenvalue weighted by atomic mass is 32.1. The Hall–Kier alpha value is -2.13. The monoisotopic (exact) mass is 289 g/mol. The zero-order chi connectivity index (χ0) is 14.5. The van der Waals surface area contributed by atoms with Crippen LogP contribution in [0.4, 0.5) is 5.82 Å². The van der Waals surface area contributed by atoms with Crippen molar-refractivity contribution in [2.45, 2.75) is 26.2 Å². The van der Waals surface area contributed by atoms with E-state index in [9.17, 15) is 4.79 Å². The maximum absolute atomic E-state index is 11.2. The number of nitrogens with zero attached hydrogens (tertiary/aromatic N) is 2. The number of nitrogens with one attached hydrogen (secondary N) is 1. The molecule has 0 aliphatic rings. The molecule has 0 aromatic carbocycles. The van der Waals surface area contributed by atoms with Crippen LogP contribution in [0.2, 0.25) is 0 Å². The summed E-state index contributed by atoms with van der Waals surface area (Å²) < 4.78 is 0. The molecule has 0 amide bonds. The number of anilines is 1. The van der Waals surface area contributed by atoms with Crippen LogP contribution < -0.4 is 5.32 Å². The molecule has 2 aromatic heterocycles. The van der Waals surface area contributed by atoms with Crippen LogP contribution in [-0.4, -0.2) is 27.6 Å². The highest BCUT2D eigenvalue weighted by Crippen LogP contribution is 2.33. The predicted molar refractivity (Wildman–Crippen MR) is 80.3 cm³/mol. The number of rotatable bonds is 6. The fourth-order valence-corrected chi connectivity index (χ4v) is 2.96. The maximum Gasteiger partial charge on any atom is 0.346 e. The van der Waals surface area contributed by atoms with Gasteiger partial charge in [0.15, 0.2) is 0 Å². The molecule has 0 aliphatic carbocycles. The van der Waals surface area contributed by atoms with Crippen LogP contribution >= 0.6 is 11.3 Å². The first-order chi connectivity index (χ1) is 9.65. The number of thiophene rings is 1. The molecule has 0 bridgehead atoms. The molecular formula is C14H15N3O2S. The topological polar surface area (TPSA) is 75.1 Å². The van der Waals surface area contributed by atoms with Gasteiger partial charge in [0, 0.05) is 13.0 Å². The Morgan fingerprint density at radius 2 is 2.30 bits per heavy atom. The van der Waals surface area contributed by atoms with E-state index in [4.69, 9.17) is 11.5 Å². The molecule has 2 N–H and O–H groups in total. The number of fused-ring (bicyclic) bond motifs is 1. The Bertz CT molecular complexity index is 673. The first-order valence-electron chi connectivity index (χ1n) is 6.30. The van der Waals surface area contributed by atoms with Crippen LogP contribution in [0.15, 0.2) is 6.33 Å². The van der Waals surface area contributed by atoms with Gasteiger partial charge >= 0.3 is 5.97 Å². The minimum absolute atomic E-state index is 0.316. The van der Waals surface area contributed by atoms with E-state index in [1.807, 2.05) is 0 Å². The lowest BCUT2D eigenvalue weighted by Crippen LogP contribution is -2.04. The molecule has 0 aliphatic heterocycles. The van der Waals surface area contributed by atoms with Crippen molar-refractivity contribution in [3.63, 3.8) is 0 Å². The molecule has 2 heterocycles. The Morgan fingerprint density at radius 1 is 1.50 bits per heavy atom. The Kier molecular flexibility index (Phi) is 4.53. The summed E-state index contributed by atoms with van der Waals surface area (Å²) in [6.45, 7) is 2.54. The fraction of sp³-hybridized carbons (Fsp3) is 0.357. The smallest absolute Gasteiger partial charge is 0.346 e. The highest BCUT2D eigenvalue weighted by Gasteiger charge is 2.18. The molecule has 0 saturated heterocycles. The molecule has 6 heteroatoms. The molecule has 0 radical (unpaired) electrons. The zero-order valence-corrected chi connectivity index (χ0v) is 12.0. The molecule has 0 atom stereocenters. The molecule has 0 fully saturated rings. The summed E-state index contributed by atoms with van der Waals surface area (Å²) in [5.41, 5.74) is 0.712. The molecule has 0 spiro atoms. The van der Waals surface area contributed by atoms with E-state index >= 15 is 0 Å². The van der Waals surface area contributed by atoms with E-state index < -0.39 is 5.97 Å². The third kappa shape index (κ3) is 2.89. The zero-order valence-electron chi connectivity index (χ0n) is 11.1. The number of aromatic carboxylic acids is 1. The van der Waals surface area contributed by atoms with Crippen molar-refractivity contribution in [2.24, 2.45) is 0 Å². The molecule has 2 rings (SSSR count). The summed E-state index contributed by atoms with van der Waals surface area (Å²) in [7, 11) is 0. The van der Waals surface area contributed by atoms with Gasteiger partial charge in [-0.3, -0.25) is 0 Å². The third-order valence-electron chi connectivity index (χ3n) is 2.96. The summed E-state index contributed by atoms with van der Waals surface area (Å²) in [6.07, 6.45) is 9.33. The van der Waals surface area contributed by atoms with Crippen LogP contribution in [0.3, 0.4) is 0 Å². The number of carbonyl (C=O) groups is 1. The first-order valence-corrected chi connectivity index (χ1v) is 7.11. The lowest BCUT2D eigenvalue weighted by Gasteiger charge is -2.06. The van der Waals surface area contributed by atoms with Gasteiger partial charge in [-0.1, -0.05) is 0 Å². The predicted octanol–water partition coefficient (Wildman–Crippen LogP) is 2.91. The van der Waals surface area contributed by atoms with Gasteiger partial charge in [-0.2, -0.15) is 0 Å². The number of terminal acetylenes is 1. The van der Waals surface area contributed by atoms with Crippen molar-refractivity contribution in [1.29, 1.82) is 0 Å². The number of carboxylic acids is 1. The number of aromatic nitrogens is 2. The van der Waals surface area contributed by atoms with Crippen LogP contribution in [-0.2, 0) is 0 Å². The van der Waals surface area contributed by atoms with Gasteiger partial charge in [0.05, 0.1) is 5.39 Å². The number of unbranched alkanes of at least 4 members (excludes halogenated alkanes) is 2. The van der Waals surface area contributed by atoms with E-state index in [2.05, 4.69) is 21.2 Å². The first kappa shape index (κ1) is 14.3. The average Bonchev–Trinajstić information content (AvgIpc) is 2.77. The van der Waals surface area contributed by atoms with Crippen molar-refractivity contribution in [2.75, 3.05) is 11.9 Å². The number of aryl methyl sites for hydroxylation is 1. The maximum atomic E-state index is 11.2. The molecule has 0 unspecified atom stereocenters. The van der Waals surface area contributed by atoms with Crippen molar-refractivity contribution >= 4 is 33.3 Å². The second-order valence-electron chi connectivity index (χ2n) is 4.35. The van der Waals surface area contributed by atoms with Crippen LogP contribution in [0.25, 0.3) is 10.2 Å².